The number of nitrogens with zero attached hydrogens (tertiary/aromatic N) is 2. The van der Waals surface area contributed by atoms with Gasteiger partial charge in [-0.25, -0.2) is 13.8 Å². The van der Waals surface area contributed by atoms with E-state index in [1.54, 1.807) is 30.4 Å². The maximum absolute atomic E-state index is 15.8. The Morgan fingerprint density at radius 1 is 1.22 bits per heavy atom. The van der Waals surface area contributed by atoms with E-state index in [4.69, 9.17) is 18.5 Å². The maximum atomic E-state index is 15.8. The molecule has 3 rings (SSSR count). The van der Waals surface area contributed by atoms with Crippen LogP contribution in [-0.2, 0) is 28.2 Å². The third kappa shape index (κ3) is 10.2. The van der Waals surface area contributed by atoms with Gasteiger partial charge in [0.05, 0.1) is 13.2 Å². The molecule has 15 heteroatoms. The van der Waals surface area contributed by atoms with Gasteiger partial charge in [0.2, 0.25) is 5.91 Å². The zero-order valence-corrected chi connectivity index (χ0v) is 26.2. The quantitative estimate of drug-likeness (QED) is 0.0915. The molecule has 246 valence electrons. The minimum Gasteiger partial charge on any atom is -0.465 e. The lowest BCUT2D eigenvalue weighted by atomic mass is 9.98. The third-order valence-corrected chi connectivity index (χ3v) is 8.40. The summed E-state index contributed by atoms with van der Waals surface area (Å²) in [5.74, 6) is -0.951. The summed E-state index contributed by atoms with van der Waals surface area (Å²) < 4.78 is 52.5. The molecule has 0 spiro atoms. The van der Waals surface area contributed by atoms with Crippen molar-refractivity contribution in [3.05, 3.63) is 78.4 Å². The van der Waals surface area contributed by atoms with E-state index in [1.807, 2.05) is 0 Å². The van der Waals surface area contributed by atoms with Gasteiger partial charge in [-0.05, 0) is 57.7 Å². The van der Waals surface area contributed by atoms with Gasteiger partial charge in [0.25, 0.3) is 0 Å². The van der Waals surface area contributed by atoms with Crippen molar-refractivity contribution in [3.8, 4) is 5.75 Å². The number of carbonyl (C=O) groups excluding carboxylic acids is 2. The van der Waals surface area contributed by atoms with E-state index in [9.17, 15) is 24.1 Å². The number of esters is 1. The number of hydrogen-bond acceptors (Lipinski definition) is 10. The number of benzene rings is 1. The Kier molecular flexibility index (Phi) is 13.2. The van der Waals surface area contributed by atoms with Gasteiger partial charge >= 0.3 is 19.4 Å². The number of para-hydroxylation sites is 1. The summed E-state index contributed by atoms with van der Waals surface area (Å²) in [7, 11) is -4.36. The molecule has 2 heterocycles. The minimum atomic E-state index is -4.36. The average molecular weight is 651 g/mol. The van der Waals surface area contributed by atoms with Crippen LogP contribution in [0.3, 0.4) is 0 Å². The van der Waals surface area contributed by atoms with Crippen molar-refractivity contribution < 1.29 is 42.2 Å². The van der Waals surface area contributed by atoms with Gasteiger partial charge in [-0.15, -0.1) is 13.2 Å². The monoisotopic (exact) mass is 650 g/mol. The van der Waals surface area contributed by atoms with Crippen LogP contribution in [0, 0.1) is 0 Å². The molecule has 13 nitrogen and oxygen atoms in total. The summed E-state index contributed by atoms with van der Waals surface area (Å²) in [5.41, 5.74) is -3.46. The number of aliphatic hydroxyl groups is 1. The summed E-state index contributed by atoms with van der Waals surface area (Å²) in [4.78, 5) is 41.1. The number of allylic oxidation sites excluding steroid dienone is 2. The smallest absolute Gasteiger partial charge is 0.459 e. The number of aliphatic hydroxyl groups excluding tert-OH is 1. The molecule has 1 saturated heterocycles. The van der Waals surface area contributed by atoms with Crippen molar-refractivity contribution in [1.82, 2.24) is 14.6 Å². The summed E-state index contributed by atoms with van der Waals surface area (Å²) >= 11 is 0. The third-order valence-electron chi connectivity index (χ3n) is 6.76. The number of aromatic nitrogens is 2. The zero-order chi connectivity index (χ0) is 33.0. The highest BCUT2D eigenvalue weighted by Crippen LogP contribution is 2.47. The predicted molar refractivity (Wildman–Crippen MR) is 164 cm³/mol. The molecule has 0 saturated carbocycles. The van der Waals surface area contributed by atoms with Crippen LogP contribution in [0.15, 0.2) is 72.7 Å². The number of halogens is 1. The number of amides is 1. The Labute approximate surface area is 261 Å². The number of anilines is 1. The van der Waals surface area contributed by atoms with Crippen LogP contribution in [0.25, 0.3) is 0 Å². The Hall–Kier alpha value is -3.68. The number of unbranched alkanes of at least 4 members (excludes halogenated alkanes) is 2. The van der Waals surface area contributed by atoms with Crippen molar-refractivity contribution in [2.24, 2.45) is 0 Å². The lowest BCUT2D eigenvalue weighted by molar-refractivity contribution is -0.145. The van der Waals surface area contributed by atoms with Crippen LogP contribution < -0.4 is 20.6 Å². The first kappa shape index (κ1) is 35.8. The summed E-state index contributed by atoms with van der Waals surface area (Å²) in [6, 6.07) is 8.16. The molecule has 1 aliphatic heterocycles. The highest BCUT2D eigenvalue weighted by molar-refractivity contribution is 7.52. The van der Waals surface area contributed by atoms with Gasteiger partial charge in [0, 0.05) is 12.6 Å². The fraction of sp³-hybridized carbons (Fsp3) is 0.467. The standard InChI is InChI=1S/C30H40FN4O9P/c1-5-7-10-16-25(36)32-24-17-18-35(29(39)33-24)28-30(4,31)26(37)23(43-28)20-42-45(40,44-22-14-11-9-12-15-22)34-21(3)27(38)41-19-13-8-6-2/h5-6,9,11-12,14-15,17-18,21,23,26,28,37H,1-2,7-8,10,13,16,19-20H2,3-4H3,(H,34,40)(H,32,33,36,39)/t21-,23+,26?,28+,30-,45-/m0/s1. The molecule has 0 aliphatic carbocycles. The molecule has 45 heavy (non-hydrogen) atoms. The molecule has 6 atom stereocenters. The molecular weight excluding hydrogens is 610 g/mol. The lowest BCUT2D eigenvalue weighted by Gasteiger charge is -2.25. The summed E-state index contributed by atoms with van der Waals surface area (Å²) in [6.45, 7) is 9.11. The molecule has 1 fully saturated rings. The zero-order valence-electron chi connectivity index (χ0n) is 25.3. The van der Waals surface area contributed by atoms with Crippen molar-refractivity contribution in [2.75, 3.05) is 18.5 Å². The van der Waals surface area contributed by atoms with Gasteiger partial charge in [-0.3, -0.25) is 18.7 Å². The van der Waals surface area contributed by atoms with Gasteiger partial charge in [-0.1, -0.05) is 30.4 Å². The average Bonchev–Trinajstić information content (AvgIpc) is 3.22. The molecule has 0 radical (unpaired) electrons. The van der Waals surface area contributed by atoms with Crippen LogP contribution in [0.5, 0.6) is 5.75 Å². The van der Waals surface area contributed by atoms with E-state index < -0.39 is 56.2 Å². The second-order valence-electron chi connectivity index (χ2n) is 10.5. The largest absolute Gasteiger partial charge is 0.465 e. The van der Waals surface area contributed by atoms with E-state index in [-0.39, 0.29) is 30.5 Å². The molecule has 1 aliphatic rings. The fourth-order valence-electron chi connectivity index (χ4n) is 4.32. The molecule has 3 N–H and O–H groups in total. The molecule has 2 aromatic rings. The molecule has 0 bridgehead atoms. The summed E-state index contributed by atoms with van der Waals surface area (Å²) in [6.07, 6.45) is 2.27. The van der Waals surface area contributed by atoms with Crippen LogP contribution in [0.2, 0.25) is 0 Å². The van der Waals surface area contributed by atoms with Crippen molar-refractivity contribution in [3.63, 3.8) is 0 Å². The number of hydrogen-bond donors (Lipinski definition) is 3. The van der Waals surface area contributed by atoms with Crippen LogP contribution in [0.1, 0.15) is 52.2 Å². The Bertz CT molecular complexity index is 1420. The Morgan fingerprint density at radius 3 is 2.58 bits per heavy atom. The van der Waals surface area contributed by atoms with Gasteiger partial charge in [-0.2, -0.15) is 10.1 Å². The SMILES string of the molecule is C=CCCCOC(=O)[C@H](C)N[P@](=O)(OC[C@H]1O[C@@H](n2ccc(NC(=O)CCCC=C)nc2=O)[C@@](C)(F)C1O)Oc1ccccc1. The van der Waals surface area contributed by atoms with E-state index in [2.05, 4.69) is 28.5 Å². The number of alkyl halides is 1. The van der Waals surface area contributed by atoms with Gasteiger partial charge < -0.3 is 24.4 Å². The molecule has 1 aromatic heterocycles. The maximum Gasteiger partial charge on any atom is 0.459 e. The topological polar surface area (TPSA) is 167 Å². The number of nitrogens with one attached hydrogen (secondary N) is 2. The molecule has 1 unspecified atom stereocenters. The minimum absolute atomic E-state index is 0.0303. The second-order valence-corrected chi connectivity index (χ2v) is 12.2. The molecular formula is C30H40FN4O9P. The first-order chi connectivity index (χ1) is 21.4. The number of ether oxygens (including phenoxy) is 2. The van der Waals surface area contributed by atoms with E-state index in [0.29, 0.717) is 25.7 Å². The summed E-state index contributed by atoms with van der Waals surface area (Å²) in [5, 5.41) is 15.8. The van der Waals surface area contributed by atoms with Crippen LogP contribution >= 0.6 is 7.75 Å². The first-order valence-electron chi connectivity index (χ1n) is 14.5. The second kappa shape index (κ2) is 16.6. The van der Waals surface area contributed by atoms with Crippen molar-refractivity contribution >= 4 is 25.4 Å². The van der Waals surface area contributed by atoms with Crippen LogP contribution in [0.4, 0.5) is 10.2 Å². The lowest BCUT2D eigenvalue weighted by Crippen LogP contribution is -2.43. The van der Waals surface area contributed by atoms with Crippen LogP contribution in [-0.4, -0.2) is 63.7 Å². The van der Waals surface area contributed by atoms with Gasteiger partial charge in [0.15, 0.2) is 11.9 Å². The van der Waals surface area contributed by atoms with E-state index in [1.165, 1.54) is 31.3 Å². The Balaban J connectivity index is 1.72. The predicted octanol–water partition coefficient (Wildman–Crippen LogP) is 4.22. The molecule has 1 aromatic carbocycles. The van der Waals surface area contributed by atoms with E-state index >= 15 is 4.39 Å². The Morgan fingerprint density at radius 2 is 1.91 bits per heavy atom. The van der Waals surface area contributed by atoms with E-state index in [0.717, 1.165) is 11.5 Å². The molecule has 1 amide bonds. The fourth-order valence-corrected chi connectivity index (χ4v) is 5.82. The number of rotatable bonds is 18. The highest BCUT2D eigenvalue weighted by Gasteiger charge is 2.56. The van der Waals surface area contributed by atoms with Crippen molar-refractivity contribution in [2.45, 2.75) is 76.1 Å². The normalized spacial score (nSPS) is 23.0. The van der Waals surface area contributed by atoms with Gasteiger partial charge in [0.1, 0.15) is 29.8 Å². The van der Waals surface area contributed by atoms with Crippen molar-refractivity contribution in [1.29, 1.82) is 0 Å². The number of carbonyl (C=O) groups is 2. The first-order valence-corrected chi connectivity index (χ1v) is 16.0. The highest BCUT2D eigenvalue weighted by atomic mass is 31.2.